The van der Waals surface area contributed by atoms with E-state index in [0.29, 0.717) is 6.54 Å². The third kappa shape index (κ3) is 3.72. The Kier molecular flexibility index (Phi) is 5.19. The highest BCUT2D eigenvalue weighted by Crippen LogP contribution is 2.33. The van der Waals surface area contributed by atoms with Gasteiger partial charge in [0.05, 0.1) is 0 Å². The van der Waals surface area contributed by atoms with Crippen LogP contribution in [0.1, 0.15) is 30.5 Å². The largest absolute Gasteiger partial charge is 0.356 e. The predicted molar refractivity (Wildman–Crippen MR) is 108 cm³/mol. The Balaban J connectivity index is 1.55. The van der Waals surface area contributed by atoms with Gasteiger partial charge in [-0.1, -0.05) is 36.4 Å². The van der Waals surface area contributed by atoms with Crippen molar-refractivity contribution in [1.82, 2.24) is 15.3 Å². The molecule has 1 fully saturated rings. The molecule has 2 heterocycles. The van der Waals surface area contributed by atoms with E-state index in [1.54, 1.807) is 6.08 Å². The van der Waals surface area contributed by atoms with E-state index in [9.17, 15) is 4.79 Å². The van der Waals surface area contributed by atoms with Gasteiger partial charge in [0.1, 0.15) is 5.82 Å². The predicted octanol–water partition coefficient (Wildman–Crippen LogP) is 3.15. The maximum atomic E-state index is 12.2. The summed E-state index contributed by atoms with van der Waals surface area (Å²) in [4.78, 5) is 24.4. The quantitative estimate of drug-likeness (QED) is 0.830. The first kappa shape index (κ1) is 17.7. The maximum absolute atomic E-state index is 12.2. The van der Waals surface area contributed by atoms with Crippen LogP contribution in [0.2, 0.25) is 0 Å². The number of carbonyl (C=O) groups excluding carboxylic acids is 1. The number of nitrogens with one attached hydrogen (secondary N) is 1. The van der Waals surface area contributed by atoms with Crippen LogP contribution in [0.25, 0.3) is 11.4 Å². The summed E-state index contributed by atoms with van der Waals surface area (Å²) in [6.07, 6.45) is 6.69. The van der Waals surface area contributed by atoms with Crippen molar-refractivity contribution < 1.29 is 4.79 Å². The molecule has 0 spiro atoms. The lowest BCUT2D eigenvalue weighted by molar-refractivity contribution is -0.125. The van der Waals surface area contributed by atoms with Crippen molar-refractivity contribution in [1.29, 1.82) is 0 Å². The number of anilines is 1. The van der Waals surface area contributed by atoms with Crippen LogP contribution in [0.5, 0.6) is 0 Å². The Hall–Kier alpha value is -2.69. The topological polar surface area (TPSA) is 58.1 Å². The molecule has 0 bridgehead atoms. The van der Waals surface area contributed by atoms with Crippen molar-refractivity contribution in [3.8, 4) is 11.4 Å². The lowest BCUT2D eigenvalue weighted by Gasteiger charge is -2.33. The van der Waals surface area contributed by atoms with Crippen molar-refractivity contribution in [2.24, 2.45) is 5.92 Å². The zero-order chi connectivity index (χ0) is 18.6. The molecule has 140 valence electrons. The van der Waals surface area contributed by atoms with Gasteiger partial charge in [0.25, 0.3) is 0 Å². The third-order valence-corrected chi connectivity index (χ3v) is 5.53. The lowest BCUT2D eigenvalue weighted by Crippen LogP contribution is -2.41. The summed E-state index contributed by atoms with van der Waals surface area (Å²) in [6, 6.07) is 10.2. The first-order chi connectivity index (χ1) is 13.3. The van der Waals surface area contributed by atoms with Crippen LogP contribution >= 0.6 is 0 Å². The molecule has 1 aliphatic carbocycles. The van der Waals surface area contributed by atoms with Gasteiger partial charge in [-0.05, 0) is 32.1 Å². The van der Waals surface area contributed by atoms with Crippen LogP contribution in [0.3, 0.4) is 0 Å². The fourth-order valence-electron chi connectivity index (χ4n) is 4.06. The Morgan fingerprint density at radius 3 is 2.70 bits per heavy atom. The van der Waals surface area contributed by atoms with E-state index in [2.05, 4.69) is 28.9 Å². The zero-order valence-electron chi connectivity index (χ0n) is 15.7. The summed E-state index contributed by atoms with van der Waals surface area (Å²) < 4.78 is 0. The molecule has 1 aromatic heterocycles. The van der Waals surface area contributed by atoms with Crippen molar-refractivity contribution >= 4 is 11.7 Å². The highest BCUT2D eigenvalue weighted by Gasteiger charge is 2.29. The molecule has 0 unspecified atom stereocenters. The van der Waals surface area contributed by atoms with Crippen LogP contribution in [0.15, 0.2) is 43.0 Å². The van der Waals surface area contributed by atoms with Gasteiger partial charge in [0.2, 0.25) is 5.91 Å². The smallest absolute Gasteiger partial charge is 0.223 e. The average molecular weight is 362 g/mol. The minimum absolute atomic E-state index is 0.0877. The molecule has 2 aromatic rings. The van der Waals surface area contributed by atoms with Gasteiger partial charge >= 0.3 is 0 Å². The van der Waals surface area contributed by atoms with Crippen LogP contribution in [-0.2, 0) is 17.6 Å². The number of amides is 1. The van der Waals surface area contributed by atoms with E-state index >= 15 is 0 Å². The second-order valence-electron chi connectivity index (χ2n) is 7.31. The number of hydrogen-bond donors (Lipinski definition) is 1. The van der Waals surface area contributed by atoms with Crippen molar-refractivity contribution in [2.75, 3.05) is 24.5 Å². The number of benzene rings is 1. The molecule has 0 saturated carbocycles. The average Bonchev–Trinajstić information content (AvgIpc) is 3.21. The van der Waals surface area contributed by atoms with Crippen LogP contribution in [-0.4, -0.2) is 35.5 Å². The van der Waals surface area contributed by atoms with E-state index in [4.69, 9.17) is 9.97 Å². The van der Waals surface area contributed by atoms with Gasteiger partial charge in [0.15, 0.2) is 5.82 Å². The molecule has 5 nitrogen and oxygen atoms in total. The molecule has 2 aliphatic rings. The summed E-state index contributed by atoms with van der Waals surface area (Å²) in [5.41, 5.74) is 3.57. The molecule has 1 N–H and O–H groups in total. The molecule has 1 amide bonds. The Bertz CT molecular complexity index is 826. The summed E-state index contributed by atoms with van der Waals surface area (Å²) in [5.74, 6) is 2.13. The minimum Gasteiger partial charge on any atom is -0.356 e. The van der Waals surface area contributed by atoms with E-state index in [1.165, 1.54) is 11.3 Å². The van der Waals surface area contributed by atoms with E-state index in [1.807, 2.05) is 18.2 Å². The van der Waals surface area contributed by atoms with Crippen LogP contribution < -0.4 is 10.2 Å². The molecule has 0 radical (unpaired) electrons. The number of fused-ring (bicyclic) bond motifs is 1. The first-order valence-electron chi connectivity index (χ1n) is 9.85. The fraction of sp³-hybridized carbons (Fsp3) is 0.409. The van der Waals surface area contributed by atoms with Gasteiger partial charge in [-0.2, -0.15) is 0 Å². The number of carbonyl (C=O) groups is 1. The lowest BCUT2D eigenvalue weighted by atomic mass is 9.95. The number of rotatable bonds is 5. The van der Waals surface area contributed by atoms with E-state index in [0.717, 1.165) is 62.4 Å². The zero-order valence-corrected chi connectivity index (χ0v) is 15.7. The van der Waals surface area contributed by atoms with Crippen molar-refractivity contribution in [3.05, 3.63) is 54.2 Å². The van der Waals surface area contributed by atoms with Gasteiger partial charge in [-0.15, -0.1) is 6.58 Å². The molecule has 5 heteroatoms. The second kappa shape index (κ2) is 7.91. The standard InChI is InChI=1S/C22H26N4O/c1-2-13-23-22(27)17-11-14-26(15-12-17)21-18-9-6-10-19(18)24-20(25-21)16-7-4-3-5-8-16/h2-5,7-8,17H,1,6,9-15H2,(H,23,27). The fourth-order valence-corrected chi connectivity index (χ4v) is 4.06. The van der Waals surface area contributed by atoms with Gasteiger partial charge in [-0.25, -0.2) is 9.97 Å². The van der Waals surface area contributed by atoms with Crippen molar-refractivity contribution in [2.45, 2.75) is 32.1 Å². The Morgan fingerprint density at radius 2 is 1.96 bits per heavy atom. The van der Waals surface area contributed by atoms with Crippen LogP contribution in [0, 0.1) is 5.92 Å². The Morgan fingerprint density at radius 1 is 1.19 bits per heavy atom. The highest BCUT2D eigenvalue weighted by atomic mass is 16.1. The van der Waals surface area contributed by atoms with Gasteiger partial charge < -0.3 is 10.2 Å². The van der Waals surface area contributed by atoms with E-state index < -0.39 is 0 Å². The molecule has 0 atom stereocenters. The van der Waals surface area contributed by atoms with Gasteiger partial charge in [-0.3, -0.25) is 4.79 Å². The molecule has 1 aromatic carbocycles. The van der Waals surface area contributed by atoms with E-state index in [-0.39, 0.29) is 11.8 Å². The molecule has 4 rings (SSSR count). The van der Waals surface area contributed by atoms with Crippen molar-refractivity contribution in [3.63, 3.8) is 0 Å². The molecular formula is C22H26N4O. The molecule has 1 aliphatic heterocycles. The van der Waals surface area contributed by atoms with Crippen LogP contribution in [0.4, 0.5) is 5.82 Å². The normalized spacial score (nSPS) is 16.8. The van der Waals surface area contributed by atoms with Gasteiger partial charge in [0, 0.05) is 42.4 Å². The summed E-state index contributed by atoms with van der Waals surface area (Å²) in [5, 5.41) is 2.93. The first-order valence-corrected chi connectivity index (χ1v) is 9.85. The maximum Gasteiger partial charge on any atom is 0.223 e. The number of aryl methyl sites for hydroxylation is 1. The number of aromatic nitrogens is 2. The number of hydrogen-bond acceptors (Lipinski definition) is 4. The molecule has 27 heavy (non-hydrogen) atoms. The summed E-state index contributed by atoms with van der Waals surface area (Å²) in [7, 11) is 0. The molecule has 1 saturated heterocycles. The number of piperidine rings is 1. The highest BCUT2D eigenvalue weighted by molar-refractivity contribution is 5.79. The Labute approximate surface area is 160 Å². The minimum atomic E-state index is 0.0877. The summed E-state index contributed by atoms with van der Waals surface area (Å²) >= 11 is 0. The monoisotopic (exact) mass is 362 g/mol. The number of nitrogens with zero attached hydrogens (tertiary/aromatic N) is 3. The SMILES string of the molecule is C=CCNC(=O)C1CCN(c2nc(-c3ccccc3)nc3c2CCC3)CC1. The second-order valence-corrected chi connectivity index (χ2v) is 7.31. The third-order valence-electron chi connectivity index (χ3n) is 5.53. The summed E-state index contributed by atoms with van der Waals surface area (Å²) in [6.45, 7) is 5.93. The molecular weight excluding hydrogens is 336 g/mol.